The zero-order chi connectivity index (χ0) is 19.3. The van der Waals surface area contributed by atoms with Gasteiger partial charge in [-0.25, -0.2) is 4.98 Å². The quantitative estimate of drug-likeness (QED) is 0.842. The molecule has 3 heterocycles. The maximum Gasteiger partial charge on any atom is 0.228 e. The SMILES string of the molecule is C[C@@H]1C[C@H]1C(=O)Nc1cc2cc(C3CCN(C4COC4)CC3)c(Cl)cc2cn1. The maximum atomic E-state index is 12.2. The highest BCUT2D eigenvalue weighted by molar-refractivity contribution is 6.32. The Labute approximate surface area is 170 Å². The van der Waals surface area contributed by atoms with Gasteiger partial charge in [0.25, 0.3) is 0 Å². The van der Waals surface area contributed by atoms with Gasteiger partial charge in [-0.3, -0.25) is 9.69 Å². The molecule has 2 atom stereocenters. The molecule has 1 N–H and O–H groups in total. The van der Waals surface area contributed by atoms with Crippen LogP contribution in [-0.2, 0) is 9.53 Å². The number of nitrogens with one attached hydrogen (secondary N) is 1. The van der Waals surface area contributed by atoms with Crippen molar-refractivity contribution < 1.29 is 9.53 Å². The molecule has 6 heteroatoms. The van der Waals surface area contributed by atoms with E-state index >= 15 is 0 Å². The number of ether oxygens (including phenoxy) is 1. The first kappa shape index (κ1) is 18.3. The Morgan fingerprint density at radius 3 is 2.61 bits per heavy atom. The van der Waals surface area contributed by atoms with Gasteiger partial charge in [0.1, 0.15) is 5.82 Å². The Hall–Kier alpha value is -1.69. The van der Waals surface area contributed by atoms with E-state index in [1.807, 2.05) is 12.1 Å². The fourth-order valence-corrected chi connectivity index (χ4v) is 4.81. The Kier molecular flexibility index (Phi) is 4.77. The third-order valence-electron chi connectivity index (χ3n) is 6.64. The molecule has 148 valence electrons. The number of hydrogen-bond donors (Lipinski definition) is 1. The van der Waals surface area contributed by atoms with Gasteiger partial charge in [0.2, 0.25) is 5.91 Å². The first-order valence-electron chi connectivity index (χ1n) is 10.3. The number of carbonyl (C=O) groups is 1. The standard InChI is InChI=1S/C22H26ClN3O2/c1-13-6-18(13)22(27)25-21-9-15-7-19(20(23)8-16(15)10-24-21)14-2-4-26(5-3-14)17-11-28-12-17/h7-10,13-14,17-18H,2-6,11-12H2,1H3,(H,24,25,27)/t13-,18-/m1/s1. The van der Waals surface area contributed by atoms with Gasteiger partial charge in [0.05, 0.1) is 19.3 Å². The number of amides is 1. The Bertz CT molecular complexity index is 906. The van der Waals surface area contributed by atoms with Crippen LogP contribution in [0.15, 0.2) is 24.4 Å². The smallest absolute Gasteiger partial charge is 0.228 e. The Morgan fingerprint density at radius 2 is 1.96 bits per heavy atom. The number of aromatic nitrogens is 1. The molecule has 0 unspecified atom stereocenters. The van der Waals surface area contributed by atoms with Crippen LogP contribution < -0.4 is 5.32 Å². The van der Waals surface area contributed by atoms with Crippen LogP contribution >= 0.6 is 11.6 Å². The second-order valence-corrected chi connectivity index (χ2v) is 9.01. The van der Waals surface area contributed by atoms with E-state index in [1.54, 1.807) is 6.20 Å². The molecule has 5 nitrogen and oxygen atoms in total. The monoisotopic (exact) mass is 399 g/mol. The molecule has 2 aliphatic heterocycles. The summed E-state index contributed by atoms with van der Waals surface area (Å²) < 4.78 is 5.33. The third-order valence-corrected chi connectivity index (χ3v) is 6.97. The fraction of sp³-hybridized carbons (Fsp3) is 0.545. The summed E-state index contributed by atoms with van der Waals surface area (Å²) in [6.45, 7) is 6.06. The summed E-state index contributed by atoms with van der Waals surface area (Å²) >= 11 is 6.63. The normalized spacial score (nSPS) is 26.2. The minimum absolute atomic E-state index is 0.0842. The molecule has 1 aliphatic carbocycles. The zero-order valence-electron chi connectivity index (χ0n) is 16.2. The molecule has 2 saturated heterocycles. The highest BCUT2D eigenvalue weighted by Gasteiger charge is 2.39. The first-order chi connectivity index (χ1) is 13.6. The van der Waals surface area contributed by atoms with E-state index in [2.05, 4.69) is 28.2 Å². The van der Waals surface area contributed by atoms with Crippen molar-refractivity contribution in [3.8, 4) is 0 Å². The molecule has 2 aromatic rings. The highest BCUT2D eigenvalue weighted by atomic mass is 35.5. The molecular formula is C22H26ClN3O2. The number of carbonyl (C=O) groups excluding carboxylic acids is 1. The molecule has 3 aliphatic rings. The van der Waals surface area contributed by atoms with Crippen LogP contribution in [-0.4, -0.2) is 48.1 Å². The molecule has 1 saturated carbocycles. The summed E-state index contributed by atoms with van der Waals surface area (Å²) in [5.74, 6) is 1.82. The molecular weight excluding hydrogens is 374 g/mol. The number of benzene rings is 1. The second kappa shape index (κ2) is 7.29. The van der Waals surface area contributed by atoms with Crippen LogP contribution in [0, 0.1) is 11.8 Å². The molecule has 1 amide bonds. The first-order valence-corrected chi connectivity index (χ1v) is 10.7. The number of pyridine rings is 1. The van der Waals surface area contributed by atoms with Crippen molar-refractivity contribution in [1.29, 1.82) is 0 Å². The zero-order valence-corrected chi connectivity index (χ0v) is 16.9. The van der Waals surface area contributed by atoms with Gasteiger partial charge in [-0.15, -0.1) is 0 Å². The van der Waals surface area contributed by atoms with E-state index in [0.717, 1.165) is 61.4 Å². The van der Waals surface area contributed by atoms with Gasteiger partial charge < -0.3 is 10.1 Å². The van der Waals surface area contributed by atoms with Gasteiger partial charge in [-0.1, -0.05) is 18.5 Å². The summed E-state index contributed by atoms with van der Waals surface area (Å²) in [6, 6.07) is 6.79. The predicted octanol–water partition coefficient (Wildman–Crippen LogP) is 4.06. The van der Waals surface area contributed by atoms with Crippen LogP contribution in [0.25, 0.3) is 10.8 Å². The molecule has 3 fully saturated rings. The lowest BCUT2D eigenvalue weighted by Crippen LogP contribution is -2.51. The van der Waals surface area contributed by atoms with Crippen LogP contribution in [0.5, 0.6) is 0 Å². The predicted molar refractivity (Wildman–Crippen MR) is 111 cm³/mol. The average Bonchev–Trinajstić information content (AvgIpc) is 3.38. The van der Waals surface area contributed by atoms with E-state index in [-0.39, 0.29) is 11.8 Å². The van der Waals surface area contributed by atoms with Crippen molar-refractivity contribution in [2.24, 2.45) is 11.8 Å². The number of rotatable bonds is 4. The van der Waals surface area contributed by atoms with Gasteiger partial charge in [-0.05, 0) is 73.3 Å². The Morgan fingerprint density at radius 1 is 1.21 bits per heavy atom. The van der Waals surface area contributed by atoms with Crippen LogP contribution in [0.1, 0.15) is 37.7 Å². The summed E-state index contributed by atoms with van der Waals surface area (Å²) in [5, 5.41) is 5.89. The summed E-state index contributed by atoms with van der Waals surface area (Å²) in [6.07, 6.45) is 5.02. The van der Waals surface area contributed by atoms with Gasteiger partial charge in [-0.2, -0.15) is 0 Å². The third kappa shape index (κ3) is 3.51. The van der Waals surface area contributed by atoms with E-state index in [9.17, 15) is 4.79 Å². The molecule has 0 radical (unpaired) electrons. The Balaban J connectivity index is 1.34. The van der Waals surface area contributed by atoms with Crippen molar-refractivity contribution in [3.05, 3.63) is 35.0 Å². The highest BCUT2D eigenvalue weighted by Crippen LogP contribution is 2.39. The van der Waals surface area contributed by atoms with E-state index < -0.39 is 0 Å². The number of halogens is 1. The maximum absolute atomic E-state index is 12.2. The minimum Gasteiger partial charge on any atom is -0.378 e. The van der Waals surface area contributed by atoms with E-state index in [1.165, 1.54) is 5.56 Å². The number of hydrogen-bond acceptors (Lipinski definition) is 4. The molecule has 0 spiro atoms. The van der Waals surface area contributed by atoms with Crippen molar-refractivity contribution in [3.63, 3.8) is 0 Å². The lowest BCUT2D eigenvalue weighted by Gasteiger charge is -2.41. The lowest BCUT2D eigenvalue weighted by atomic mass is 9.87. The fourth-order valence-electron chi connectivity index (χ4n) is 4.48. The van der Waals surface area contributed by atoms with Crippen LogP contribution in [0.4, 0.5) is 5.82 Å². The van der Waals surface area contributed by atoms with Gasteiger partial charge in [0, 0.05) is 22.5 Å². The summed E-state index contributed by atoms with van der Waals surface area (Å²) in [5.41, 5.74) is 1.22. The van der Waals surface area contributed by atoms with Crippen molar-refractivity contribution in [1.82, 2.24) is 9.88 Å². The molecule has 1 aromatic heterocycles. The number of likely N-dealkylation sites (tertiary alicyclic amines) is 1. The van der Waals surface area contributed by atoms with Crippen LogP contribution in [0.3, 0.4) is 0 Å². The molecule has 1 aromatic carbocycles. The molecule has 5 rings (SSSR count). The van der Waals surface area contributed by atoms with Crippen molar-refractivity contribution in [2.75, 3.05) is 31.6 Å². The number of fused-ring (bicyclic) bond motifs is 1. The second-order valence-electron chi connectivity index (χ2n) is 8.60. The van der Waals surface area contributed by atoms with Gasteiger partial charge >= 0.3 is 0 Å². The van der Waals surface area contributed by atoms with E-state index in [4.69, 9.17) is 16.3 Å². The van der Waals surface area contributed by atoms with E-state index in [0.29, 0.717) is 23.7 Å². The average molecular weight is 400 g/mol. The summed E-state index contributed by atoms with van der Waals surface area (Å²) in [4.78, 5) is 19.2. The minimum atomic E-state index is 0.0842. The molecule has 28 heavy (non-hydrogen) atoms. The van der Waals surface area contributed by atoms with Gasteiger partial charge in [0.15, 0.2) is 0 Å². The van der Waals surface area contributed by atoms with Crippen LogP contribution in [0.2, 0.25) is 5.02 Å². The number of nitrogens with zero attached hydrogens (tertiary/aromatic N) is 2. The topological polar surface area (TPSA) is 54.5 Å². The molecule has 0 bridgehead atoms. The van der Waals surface area contributed by atoms with Crippen molar-refractivity contribution >= 4 is 34.1 Å². The summed E-state index contributed by atoms with van der Waals surface area (Å²) in [7, 11) is 0. The lowest BCUT2D eigenvalue weighted by molar-refractivity contribution is -0.117. The van der Waals surface area contributed by atoms with Crippen molar-refractivity contribution in [2.45, 2.75) is 38.1 Å². The number of piperidine rings is 1. The largest absolute Gasteiger partial charge is 0.378 e. The number of anilines is 1.